The van der Waals surface area contributed by atoms with Gasteiger partial charge in [0.1, 0.15) is 0 Å². The number of rotatable bonds is 0. The summed E-state index contributed by atoms with van der Waals surface area (Å²) in [4.78, 5) is 4.01. The van der Waals surface area contributed by atoms with E-state index in [1.54, 1.807) is 0 Å². The van der Waals surface area contributed by atoms with Crippen molar-refractivity contribution < 1.29 is 4.90 Å². The molecule has 2 fully saturated rings. The maximum atomic E-state index is 4.06. The molecule has 1 N–H and O–H groups in total. The van der Waals surface area contributed by atoms with E-state index in [4.69, 9.17) is 0 Å². The van der Waals surface area contributed by atoms with Gasteiger partial charge in [0.25, 0.3) is 0 Å². The molecule has 0 saturated carbocycles. The minimum atomic E-state index is 0.839. The van der Waals surface area contributed by atoms with E-state index in [-0.39, 0.29) is 0 Å². The van der Waals surface area contributed by atoms with Crippen LogP contribution in [0.1, 0.15) is 26.7 Å². The van der Waals surface area contributed by atoms with Gasteiger partial charge < -0.3 is 4.90 Å². The van der Waals surface area contributed by atoms with Crippen LogP contribution >= 0.6 is 0 Å². The van der Waals surface area contributed by atoms with Gasteiger partial charge in [-0.3, -0.25) is 4.90 Å². The fourth-order valence-corrected chi connectivity index (χ4v) is 2.33. The highest BCUT2D eigenvalue weighted by molar-refractivity contribution is 4.87. The summed E-state index contributed by atoms with van der Waals surface area (Å²) in [5.41, 5.74) is 0. The molecule has 0 aromatic carbocycles. The van der Waals surface area contributed by atoms with Crippen molar-refractivity contribution in [2.24, 2.45) is 0 Å². The average molecular weight is 170 g/mol. The molecule has 2 aliphatic heterocycles. The number of nitrogens with one attached hydrogen (secondary N) is 1. The van der Waals surface area contributed by atoms with Gasteiger partial charge in [-0.05, 0) is 19.9 Å². The van der Waals surface area contributed by atoms with Crippen LogP contribution < -0.4 is 4.90 Å². The maximum Gasteiger partial charge on any atom is 0.0689 e. The van der Waals surface area contributed by atoms with Gasteiger partial charge >= 0.3 is 0 Å². The number of fused-ring (bicyclic) bond motifs is 2. The molecule has 2 nitrogen and oxygen atoms in total. The van der Waals surface area contributed by atoms with Crippen molar-refractivity contribution in [2.45, 2.75) is 38.8 Å². The normalized spacial score (nSPS) is 40.5. The SMILES string of the molecule is CC.[CH2-][NH+]1CC2CCC(C1)N2C. The summed E-state index contributed by atoms with van der Waals surface area (Å²) in [5.74, 6) is 0. The lowest BCUT2D eigenvalue weighted by atomic mass is 10.2. The Labute approximate surface area is 76.5 Å². The molecule has 0 radical (unpaired) electrons. The molecule has 72 valence electrons. The topological polar surface area (TPSA) is 7.68 Å². The Hall–Kier alpha value is -0.0800. The molecule has 2 heterocycles. The van der Waals surface area contributed by atoms with Crippen LogP contribution in [0.25, 0.3) is 0 Å². The Bertz CT molecular complexity index is 122. The van der Waals surface area contributed by atoms with Crippen molar-refractivity contribution in [3.63, 3.8) is 0 Å². The highest BCUT2D eigenvalue weighted by Gasteiger charge is 2.36. The molecule has 2 saturated heterocycles. The second kappa shape index (κ2) is 4.24. The molecule has 2 heteroatoms. The Morgan fingerprint density at radius 3 is 2.00 bits per heavy atom. The summed E-state index contributed by atoms with van der Waals surface area (Å²) >= 11 is 0. The number of nitrogens with zero attached hydrogens (tertiary/aromatic N) is 1. The van der Waals surface area contributed by atoms with Gasteiger partial charge in [-0.2, -0.15) is 7.05 Å². The van der Waals surface area contributed by atoms with Gasteiger partial charge in [0.15, 0.2) is 0 Å². The highest BCUT2D eigenvalue weighted by atomic mass is 15.3. The molecule has 2 rings (SSSR count). The number of hydrogen-bond donors (Lipinski definition) is 1. The summed E-state index contributed by atoms with van der Waals surface area (Å²) in [6, 6.07) is 1.68. The Morgan fingerprint density at radius 2 is 1.58 bits per heavy atom. The fourth-order valence-electron chi connectivity index (χ4n) is 2.33. The first-order chi connectivity index (χ1) is 5.77. The molecule has 0 spiro atoms. The van der Waals surface area contributed by atoms with Gasteiger partial charge in [-0.15, -0.1) is 0 Å². The van der Waals surface area contributed by atoms with E-state index in [2.05, 4.69) is 19.0 Å². The predicted octanol–water partition coefficient (Wildman–Crippen LogP) is 0.165. The van der Waals surface area contributed by atoms with Gasteiger partial charge in [-0.1, -0.05) is 13.8 Å². The molecule has 0 amide bonds. The zero-order chi connectivity index (χ0) is 9.14. The molecule has 0 aromatic rings. The Morgan fingerprint density at radius 1 is 1.17 bits per heavy atom. The van der Waals surface area contributed by atoms with Crippen molar-refractivity contribution >= 4 is 0 Å². The highest BCUT2D eigenvalue weighted by Crippen LogP contribution is 2.22. The number of piperazine rings is 1. The van der Waals surface area contributed by atoms with Crippen molar-refractivity contribution in [2.75, 3.05) is 20.1 Å². The van der Waals surface area contributed by atoms with E-state index in [0.29, 0.717) is 0 Å². The van der Waals surface area contributed by atoms with E-state index < -0.39 is 0 Å². The first kappa shape index (κ1) is 10.0. The largest absolute Gasteiger partial charge is 0.465 e. The van der Waals surface area contributed by atoms with Gasteiger partial charge in [-0.25, -0.2) is 0 Å². The molecular formula is C10H22N2. The molecule has 2 bridgehead atoms. The zero-order valence-electron chi connectivity index (χ0n) is 8.64. The first-order valence-electron chi connectivity index (χ1n) is 5.16. The quantitative estimate of drug-likeness (QED) is 0.509. The van der Waals surface area contributed by atoms with Crippen molar-refractivity contribution in [3.05, 3.63) is 7.05 Å². The second-order valence-corrected chi connectivity index (χ2v) is 3.71. The summed E-state index contributed by atoms with van der Waals surface area (Å²) in [6.45, 7) is 6.51. The lowest BCUT2D eigenvalue weighted by Gasteiger charge is -2.37. The third-order valence-corrected chi connectivity index (χ3v) is 3.03. The van der Waals surface area contributed by atoms with Crippen LogP contribution in [-0.2, 0) is 0 Å². The van der Waals surface area contributed by atoms with Crippen molar-refractivity contribution in [1.82, 2.24) is 4.90 Å². The lowest BCUT2D eigenvalue weighted by molar-refractivity contribution is -0.863. The standard InChI is InChI=1S/C8H16N2.C2H6/c1-9-5-7-3-4-8(6-9)10(7)2;1-2/h7-9H,1,3-6H2,2H3;1-2H3. The minimum absolute atomic E-state index is 0.839. The van der Waals surface area contributed by atoms with Crippen LogP contribution in [0.3, 0.4) is 0 Å². The Kier molecular flexibility index (Phi) is 3.53. The van der Waals surface area contributed by atoms with E-state index in [1.807, 2.05) is 13.8 Å². The lowest BCUT2D eigenvalue weighted by Crippen LogP contribution is -3.11. The van der Waals surface area contributed by atoms with Crippen LogP contribution in [-0.4, -0.2) is 37.1 Å². The third-order valence-electron chi connectivity index (χ3n) is 3.03. The molecule has 2 unspecified atom stereocenters. The number of likely N-dealkylation sites (tertiary alicyclic amines) is 1. The first-order valence-corrected chi connectivity index (χ1v) is 5.16. The van der Waals surface area contributed by atoms with Gasteiger partial charge in [0.05, 0.1) is 25.2 Å². The van der Waals surface area contributed by atoms with E-state index >= 15 is 0 Å². The average Bonchev–Trinajstić information content (AvgIpc) is 2.35. The molecule has 2 aliphatic rings. The molecule has 0 aliphatic carbocycles. The molecular weight excluding hydrogens is 148 g/mol. The number of quaternary nitrogens is 1. The van der Waals surface area contributed by atoms with Gasteiger partial charge in [0, 0.05) is 0 Å². The number of hydrogen-bond acceptors (Lipinski definition) is 1. The van der Waals surface area contributed by atoms with Crippen molar-refractivity contribution in [3.8, 4) is 0 Å². The summed E-state index contributed by atoms with van der Waals surface area (Å²) < 4.78 is 0. The smallest absolute Gasteiger partial charge is 0.0689 e. The van der Waals surface area contributed by atoms with Crippen LogP contribution in [0, 0.1) is 7.05 Å². The van der Waals surface area contributed by atoms with Crippen molar-refractivity contribution in [1.29, 1.82) is 0 Å². The summed E-state index contributed by atoms with van der Waals surface area (Å²) in [7, 11) is 6.32. The van der Waals surface area contributed by atoms with Crippen LogP contribution in [0.2, 0.25) is 0 Å². The molecule has 2 atom stereocenters. The van der Waals surface area contributed by atoms with E-state index in [9.17, 15) is 0 Å². The predicted molar refractivity (Wildman–Crippen MR) is 52.0 cm³/mol. The zero-order valence-corrected chi connectivity index (χ0v) is 8.64. The fraction of sp³-hybridized carbons (Fsp3) is 0.900. The summed E-state index contributed by atoms with van der Waals surface area (Å²) in [6.07, 6.45) is 2.81. The van der Waals surface area contributed by atoms with Gasteiger partial charge in [0.2, 0.25) is 0 Å². The third kappa shape index (κ3) is 1.80. The number of likely N-dealkylation sites (N-methyl/N-ethyl adjacent to an activating group) is 1. The Balaban J connectivity index is 0.000000336. The van der Waals surface area contributed by atoms with Crippen LogP contribution in [0.15, 0.2) is 0 Å². The van der Waals surface area contributed by atoms with Crippen LogP contribution in [0.5, 0.6) is 0 Å². The maximum absolute atomic E-state index is 4.06. The summed E-state index contributed by atoms with van der Waals surface area (Å²) in [5, 5.41) is 0. The minimum Gasteiger partial charge on any atom is -0.465 e. The molecule has 12 heavy (non-hydrogen) atoms. The second-order valence-electron chi connectivity index (χ2n) is 3.71. The van der Waals surface area contributed by atoms with E-state index in [1.165, 1.54) is 30.8 Å². The monoisotopic (exact) mass is 170 g/mol. The van der Waals surface area contributed by atoms with Crippen LogP contribution in [0.4, 0.5) is 0 Å². The molecule has 0 aromatic heterocycles. The van der Waals surface area contributed by atoms with E-state index in [0.717, 1.165) is 12.1 Å².